The quantitative estimate of drug-likeness (QED) is 0.927. The molecule has 0 aromatic carbocycles. The highest BCUT2D eigenvalue weighted by Crippen LogP contribution is 2.50. The van der Waals surface area contributed by atoms with E-state index in [0.717, 1.165) is 25.7 Å². The molecule has 0 saturated heterocycles. The fourth-order valence-electron chi connectivity index (χ4n) is 3.39. The van der Waals surface area contributed by atoms with Gasteiger partial charge in [0.05, 0.1) is 6.10 Å². The van der Waals surface area contributed by atoms with E-state index in [1.165, 1.54) is 9.75 Å². The van der Waals surface area contributed by atoms with Gasteiger partial charge in [0, 0.05) is 41.1 Å². The minimum absolute atomic E-state index is 0.177. The summed E-state index contributed by atoms with van der Waals surface area (Å²) in [5.74, 6) is 1.17. The Hall–Kier alpha value is -0.870. The standard InChI is InChI=1S/C16H23NO2S/c1-10-6-7-15(20-10)12-8-13(12)16(19)17(2)9-11-4-3-5-14(11)18/h6-7,11-14,18H,3-5,8-9H2,1-2H3. The van der Waals surface area contributed by atoms with E-state index in [1.807, 2.05) is 23.3 Å². The Morgan fingerprint density at radius 1 is 1.45 bits per heavy atom. The summed E-state index contributed by atoms with van der Waals surface area (Å²) in [5.41, 5.74) is 0. The average Bonchev–Trinajstić information content (AvgIpc) is 2.95. The first-order chi connectivity index (χ1) is 9.56. The third-order valence-electron chi connectivity index (χ3n) is 4.74. The highest BCUT2D eigenvalue weighted by molar-refractivity contribution is 7.12. The van der Waals surface area contributed by atoms with E-state index in [9.17, 15) is 9.90 Å². The molecule has 4 heteroatoms. The number of carbonyl (C=O) groups is 1. The van der Waals surface area contributed by atoms with E-state index in [1.54, 1.807) is 0 Å². The molecular formula is C16H23NO2S. The molecule has 4 atom stereocenters. The summed E-state index contributed by atoms with van der Waals surface area (Å²) in [4.78, 5) is 17.0. The number of rotatable bonds is 4. The second-order valence-electron chi connectivity index (χ2n) is 6.37. The van der Waals surface area contributed by atoms with Gasteiger partial charge in [0.15, 0.2) is 0 Å². The molecule has 1 N–H and O–H groups in total. The molecule has 20 heavy (non-hydrogen) atoms. The van der Waals surface area contributed by atoms with Crippen molar-refractivity contribution < 1.29 is 9.90 Å². The van der Waals surface area contributed by atoms with Crippen LogP contribution in [0.4, 0.5) is 0 Å². The highest BCUT2D eigenvalue weighted by Gasteiger charge is 2.46. The zero-order chi connectivity index (χ0) is 14.3. The normalized spacial score (nSPS) is 32.4. The molecule has 2 aliphatic rings. The van der Waals surface area contributed by atoms with E-state index in [0.29, 0.717) is 12.5 Å². The van der Waals surface area contributed by atoms with Crippen LogP contribution in [0.15, 0.2) is 12.1 Å². The van der Waals surface area contributed by atoms with Crippen LogP contribution in [-0.2, 0) is 4.79 Å². The number of hydrogen-bond donors (Lipinski definition) is 1. The zero-order valence-corrected chi connectivity index (χ0v) is 13.0. The van der Waals surface area contributed by atoms with Crippen LogP contribution >= 0.6 is 11.3 Å². The molecule has 4 unspecified atom stereocenters. The van der Waals surface area contributed by atoms with Crippen molar-refractivity contribution in [1.82, 2.24) is 4.90 Å². The molecule has 1 aromatic rings. The van der Waals surface area contributed by atoms with Crippen molar-refractivity contribution in [2.45, 2.75) is 44.6 Å². The Bertz CT molecular complexity index is 498. The molecule has 2 saturated carbocycles. The second kappa shape index (κ2) is 5.49. The summed E-state index contributed by atoms with van der Waals surface area (Å²) >= 11 is 1.81. The summed E-state index contributed by atoms with van der Waals surface area (Å²) in [5, 5.41) is 9.87. The molecule has 2 fully saturated rings. The number of aliphatic hydroxyl groups excluding tert-OH is 1. The lowest BCUT2D eigenvalue weighted by Gasteiger charge is -2.23. The minimum atomic E-state index is -0.208. The third-order valence-corrected chi connectivity index (χ3v) is 5.87. The first-order valence-corrected chi connectivity index (χ1v) is 8.37. The average molecular weight is 293 g/mol. The maximum absolute atomic E-state index is 12.4. The largest absolute Gasteiger partial charge is 0.393 e. The van der Waals surface area contributed by atoms with E-state index in [4.69, 9.17) is 0 Å². The van der Waals surface area contributed by atoms with Crippen molar-refractivity contribution in [2.75, 3.05) is 13.6 Å². The van der Waals surface area contributed by atoms with Crippen molar-refractivity contribution in [3.63, 3.8) is 0 Å². The van der Waals surface area contributed by atoms with Crippen LogP contribution in [0.5, 0.6) is 0 Å². The van der Waals surface area contributed by atoms with Crippen LogP contribution in [0, 0.1) is 18.8 Å². The molecule has 1 heterocycles. The van der Waals surface area contributed by atoms with Crippen molar-refractivity contribution >= 4 is 17.2 Å². The fourth-order valence-corrected chi connectivity index (χ4v) is 4.45. The summed E-state index contributed by atoms with van der Waals surface area (Å²) in [7, 11) is 1.89. The summed E-state index contributed by atoms with van der Waals surface area (Å²) in [6, 6.07) is 4.30. The van der Waals surface area contributed by atoms with Crippen LogP contribution in [0.3, 0.4) is 0 Å². The molecule has 3 nitrogen and oxygen atoms in total. The molecule has 0 aliphatic heterocycles. The van der Waals surface area contributed by atoms with E-state index in [2.05, 4.69) is 19.1 Å². The van der Waals surface area contributed by atoms with Gasteiger partial charge < -0.3 is 10.0 Å². The lowest BCUT2D eigenvalue weighted by molar-refractivity contribution is -0.132. The van der Waals surface area contributed by atoms with Gasteiger partial charge in [0.1, 0.15) is 0 Å². The Balaban J connectivity index is 1.54. The van der Waals surface area contributed by atoms with Crippen LogP contribution < -0.4 is 0 Å². The van der Waals surface area contributed by atoms with Gasteiger partial charge in [0.25, 0.3) is 0 Å². The highest BCUT2D eigenvalue weighted by atomic mass is 32.1. The lowest BCUT2D eigenvalue weighted by Crippen LogP contribution is -2.35. The second-order valence-corrected chi connectivity index (χ2v) is 7.69. The Kier molecular flexibility index (Phi) is 3.87. The van der Waals surface area contributed by atoms with E-state index >= 15 is 0 Å². The molecule has 0 radical (unpaired) electrons. The van der Waals surface area contributed by atoms with Gasteiger partial charge in [-0.3, -0.25) is 4.79 Å². The van der Waals surface area contributed by atoms with Gasteiger partial charge in [0.2, 0.25) is 5.91 Å². The first-order valence-electron chi connectivity index (χ1n) is 7.55. The smallest absolute Gasteiger partial charge is 0.226 e. The van der Waals surface area contributed by atoms with Crippen LogP contribution in [0.2, 0.25) is 0 Å². The van der Waals surface area contributed by atoms with Gasteiger partial charge in [-0.25, -0.2) is 0 Å². The number of carbonyl (C=O) groups excluding carboxylic acids is 1. The fraction of sp³-hybridized carbons (Fsp3) is 0.688. The molecule has 1 aromatic heterocycles. The molecule has 2 aliphatic carbocycles. The maximum atomic E-state index is 12.4. The molecular weight excluding hydrogens is 270 g/mol. The van der Waals surface area contributed by atoms with Crippen molar-refractivity contribution in [3.8, 4) is 0 Å². The Morgan fingerprint density at radius 3 is 2.85 bits per heavy atom. The maximum Gasteiger partial charge on any atom is 0.226 e. The SMILES string of the molecule is Cc1ccc(C2CC2C(=O)N(C)CC2CCCC2O)s1. The van der Waals surface area contributed by atoms with Crippen LogP contribution in [0.25, 0.3) is 0 Å². The molecule has 110 valence electrons. The van der Waals surface area contributed by atoms with Gasteiger partial charge in [-0.2, -0.15) is 0 Å². The van der Waals surface area contributed by atoms with Crippen molar-refractivity contribution in [3.05, 3.63) is 21.9 Å². The summed E-state index contributed by atoms with van der Waals surface area (Å²) in [6.45, 7) is 2.83. The predicted molar refractivity (Wildman–Crippen MR) is 80.9 cm³/mol. The molecule has 1 amide bonds. The topological polar surface area (TPSA) is 40.5 Å². The van der Waals surface area contributed by atoms with Crippen LogP contribution in [-0.4, -0.2) is 35.6 Å². The minimum Gasteiger partial charge on any atom is -0.393 e. The van der Waals surface area contributed by atoms with E-state index < -0.39 is 0 Å². The number of amides is 1. The molecule has 3 rings (SSSR count). The van der Waals surface area contributed by atoms with Crippen LogP contribution in [0.1, 0.15) is 41.4 Å². The Labute approximate surface area is 124 Å². The number of nitrogens with zero attached hydrogens (tertiary/aromatic N) is 1. The number of aliphatic hydroxyl groups is 1. The van der Waals surface area contributed by atoms with E-state index in [-0.39, 0.29) is 23.8 Å². The number of thiophene rings is 1. The van der Waals surface area contributed by atoms with Crippen molar-refractivity contribution in [1.29, 1.82) is 0 Å². The lowest BCUT2D eigenvalue weighted by atomic mass is 10.1. The molecule has 0 spiro atoms. The van der Waals surface area contributed by atoms with Crippen molar-refractivity contribution in [2.24, 2.45) is 11.8 Å². The van der Waals surface area contributed by atoms with Gasteiger partial charge in [-0.05, 0) is 38.3 Å². The monoisotopic (exact) mass is 293 g/mol. The molecule has 0 bridgehead atoms. The van der Waals surface area contributed by atoms with Gasteiger partial charge >= 0.3 is 0 Å². The first kappa shape index (κ1) is 14.1. The Morgan fingerprint density at radius 2 is 2.25 bits per heavy atom. The van der Waals surface area contributed by atoms with Gasteiger partial charge in [-0.1, -0.05) is 6.42 Å². The summed E-state index contributed by atoms with van der Waals surface area (Å²) < 4.78 is 0. The summed E-state index contributed by atoms with van der Waals surface area (Å²) in [6.07, 6.45) is 3.83. The van der Waals surface area contributed by atoms with Gasteiger partial charge in [-0.15, -0.1) is 11.3 Å². The zero-order valence-electron chi connectivity index (χ0n) is 12.2. The third kappa shape index (κ3) is 2.77. The number of hydrogen-bond acceptors (Lipinski definition) is 3. The number of aryl methyl sites for hydroxylation is 1. The predicted octanol–water partition coefficient (Wildman–Crippen LogP) is 2.78.